The summed E-state index contributed by atoms with van der Waals surface area (Å²) in [6.45, 7) is 7.40. The molecule has 0 heterocycles. The molecule has 2 heteroatoms. The van der Waals surface area contributed by atoms with Crippen LogP contribution in [0.3, 0.4) is 0 Å². The molecule has 1 unspecified atom stereocenters. The van der Waals surface area contributed by atoms with Crippen molar-refractivity contribution in [2.75, 3.05) is 0 Å². The minimum absolute atomic E-state index is 0.210. The van der Waals surface area contributed by atoms with Gasteiger partial charge in [-0.2, -0.15) is 0 Å². The normalized spacial score (nSPS) is 18.9. The van der Waals surface area contributed by atoms with Crippen molar-refractivity contribution in [1.82, 2.24) is 0 Å². The Kier molecular flexibility index (Phi) is 9.01. The zero-order valence-corrected chi connectivity index (χ0v) is 28.8. The molecule has 2 aliphatic carbocycles. The van der Waals surface area contributed by atoms with Crippen LogP contribution in [0, 0.1) is 13.8 Å². The fraction of sp³-hybridized carbons (Fsp3) is 0.300. The van der Waals surface area contributed by atoms with Gasteiger partial charge in [0.25, 0.3) is 0 Å². The number of hydrogen-bond donors (Lipinski definition) is 0. The molecule has 0 fully saturated rings. The Balaban J connectivity index is 1.52. The van der Waals surface area contributed by atoms with Crippen molar-refractivity contribution in [3.8, 4) is 0 Å². The summed E-state index contributed by atoms with van der Waals surface area (Å²) >= 11 is -2.91. The Morgan fingerprint density at radius 3 is 1.71 bits per heavy atom. The fourth-order valence-corrected chi connectivity index (χ4v) is 20.6. The molecule has 2 aliphatic rings. The molecule has 1 atom stereocenters. The predicted octanol–water partition coefficient (Wildman–Crippen LogP) is 9.26. The molecule has 0 radical (unpaired) electrons. The summed E-state index contributed by atoms with van der Waals surface area (Å²) in [5.74, 6) is 0. The molecule has 0 amide bonds. The Bertz CT molecular complexity index is 1470. The summed E-state index contributed by atoms with van der Waals surface area (Å²) in [7, 11) is -0.434. The van der Waals surface area contributed by atoms with E-state index in [1.807, 2.05) is 11.1 Å². The van der Waals surface area contributed by atoms with E-state index in [-0.39, 0.29) is 3.72 Å². The number of allylic oxidation sites excluding steroid dienone is 4. The van der Waals surface area contributed by atoms with Gasteiger partial charge in [0.15, 0.2) is 0 Å². The second-order valence-electron chi connectivity index (χ2n) is 13.1. The van der Waals surface area contributed by atoms with Crippen molar-refractivity contribution in [1.29, 1.82) is 0 Å². The molecule has 214 valence electrons. The third-order valence-electron chi connectivity index (χ3n) is 10.7. The van der Waals surface area contributed by atoms with Crippen LogP contribution in [0.25, 0.3) is 0 Å². The summed E-state index contributed by atoms with van der Waals surface area (Å²) < 4.78 is 4.00. The zero-order chi connectivity index (χ0) is 29.0. The Hall–Kier alpha value is -2.71. The Morgan fingerprint density at radius 2 is 1.17 bits per heavy atom. The van der Waals surface area contributed by atoms with Crippen LogP contribution in [0.4, 0.5) is 0 Å². The van der Waals surface area contributed by atoms with E-state index >= 15 is 0 Å². The van der Waals surface area contributed by atoms with Gasteiger partial charge < -0.3 is 0 Å². The molecule has 6 rings (SSSR count). The van der Waals surface area contributed by atoms with E-state index in [9.17, 15) is 0 Å². The summed E-state index contributed by atoms with van der Waals surface area (Å²) in [6, 6.07) is 42.9. The van der Waals surface area contributed by atoms with E-state index in [0.717, 1.165) is 0 Å². The molecule has 0 nitrogen and oxygen atoms in total. The molecule has 42 heavy (non-hydrogen) atoms. The van der Waals surface area contributed by atoms with Gasteiger partial charge in [-0.3, -0.25) is 0 Å². The summed E-state index contributed by atoms with van der Waals surface area (Å²) in [5.41, 5.74) is 13.0. The van der Waals surface area contributed by atoms with Crippen LogP contribution in [-0.4, -0.2) is 9.52 Å². The van der Waals surface area contributed by atoms with E-state index in [0.29, 0.717) is 0 Å². The molecule has 0 saturated carbocycles. The van der Waals surface area contributed by atoms with Gasteiger partial charge in [-0.25, -0.2) is 0 Å². The number of hydrogen-bond acceptors (Lipinski definition) is 0. The van der Waals surface area contributed by atoms with E-state index < -0.39 is 26.1 Å². The molecule has 0 aliphatic heterocycles. The Morgan fingerprint density at radius 1 is 0.643 bits per heavy atom. The standard InChI is InChI=1S/C19H25Si.3C7H7.Ti/c1-13-7-6-10-19(14(13)2)20-12-17-11-16-8-4-5-9-18(16)15(17)3;3*1-7-5-3-2-4-6-7;/h6-7,10-11H,4-5,8-9,12,20H2,1-3H3;3*2-6H,1H2;. The van der Waals surface area contributed by atoms with Crippen molar-refractivity contribution in [2.45, 2.75) is 70.4 Å². The van der Waals surface area contributed by atoms with Crippen LogP contribution in [0.15, 0.2) is 132 Å². The summed E-state index contributed by atoms with van der Waals surface area (Å²) in [6.07, 6.45) is 8.03. The summed E-state index contributed by atoms with van der Waals surface area (Å²) in [5, 5.41) is 1.66. The van der Waals surface area contributed by atoms with Crippen LogP contribution in [0.2, 0.25) is 9.76 Å². The van der Waals surface area contributed by atoms with Crippen molar-refractivity contribution in [3.63, 3.8) is 0 Å². The summed E-state index contributed by atoms with van der Waals surface area (Å²) in [4.78, 5) is 0. The van der Waals surface area contributed by atoms with Gasteiger partial charge in [-0.1, -0.05) is 0 Å². The van der Waals surface area contributed by atoms with Crippen LogP contribution < -0.4 is 5.19 Å². The SMILES string of the molecule is Cc1cccc([SiH2]CC2=CC3=C(CCCC3)[C]2(C)[Ti]([CH2]c2ccccc2)([CH2]c2ccccc2)[CH2]c2ccccc2)c1C. The monoisotopic (exact) mass is 602 g/mol. The topological polar surface area (TPSA) is 0 Å². The molecule has 4 aromatic carbocycles. The minimum atomic E-state index is -2.91. The number of aryl methyl sites for hydroxylation is 1. The van der Waals surface area contributed by atoms with Crippen LogP contribution >= 0.6 is 0 Å². The van der Waals surface area contributed by atoms with Gasteiger partial charge >= 0.3 is 261 Å². The Labute approximate surface area is 260 Å². The van der Waals surface area contributed by atoms with E-state index in [4.69, 9.17) is 0 Å². The third-order valence-corrected chi connectivity index (χ3v) is 22.2. The van der Waals surface area contributed by atoms with Crippen LogP contribution in [0.5, 0.6) is 0 Å². The van der Waals surface area contributed by atoms with Crippen molar-refractivity contribution >= 4 is 14.7 Å². The zero-order valence-electron chi connectivity index (χ0n) is 25.8. The first kappa shape index (κ1) is 29.4. The molecule has 0 N–H and O–H groups in total. The average Bonchev–Trinajstić information content (AvgIpc) is 3.32. The quantitative estimate of drug-likeness (QED) is 0.159. The van der Waals surface area contributed by atoms with Gasteiger partial charge in [0.2, 0.25) is 0 Å². The van der Waals surface area contributed by atoms with E-state index in [1.165, 1.54) is 57.0 Å². The molecule has 4 aromatic rings. The van der Waals surface area contributed by atoms with Crippen LogP contribution in [0.1, 0.15) is 60.4 Å². The second kappa shape index (κ2) is 12.9. The maximum absolute atomic E-state index is 2.91. The van der Waals surface area contributed by atoms with Crippen molar-refractivity contribution < 1.29 is 16.6 Å². The first-order chi connectivity index (χ1) is 20.5. The maximum atomic E-state index is 2.76. The average molecular weight is 603 g/mol. The molecular weight excluding hydrogens is 556 g/mol. The number of benzene rings is 4. The van der Waals surface area contributed by atoms with Gasteiger partial charge in [-0.15, -0.1) is 0 Å². The van der Waals surface area contributed by atoms with Gasteiger partial charge in [0.1, 0.15) is 0 Å². The van der Waals surface area contributed by atoms with Crippen LogP contribution in [-0.2, 0) is 30.8 Å². The van der Waals surface area contributed by atoms with E-state index in [2.05, 4.69) is 136 Å². The molecular formula is C40H46SiTi. The van der Waals surface area contributed by atoms with Gasteiger partial charge in [-0.05, 0) is 0 Å². The molecule has 0 bridgehead atoms. The van der Waals surface area contributed by atoms with Gasteiger partial charge in [0.05, 0.1) is 0 Å². The predicted molar refractivity (Wildman–Crippen MR) is 181 cm³/mol. The molecule has 0 spiro atoms. The fourth-order valence-electron chi connectivity index (χ4n) is 8.22. The first-order valence-corrected chi connectivity index (χ1v) is 21.9. The van der Waals surface area contributed by atoms with Crippen molar-refractivity contribution in [3.05, 3.63) is 160 Å². The van der Waals surface area contributed by atoms with Gasteiger partial charge in [0, 0.05) is 0 Å². The van der Waals surface area contributed by atoms with E-state index in [1.54, 1.807) is 27.5 Å². The third kappa shape index (κ3) is 5.89. The molecule has 0 saturated heterocycles. The number of rotatable bonds is 10. The first-order valence-electron chi connectivity index (χ1n) is 16.1. The van der Waals surface area contributed by atoms with Crippen molar-refractivity contribution in [2.24, 2.45) is 0 Å². The molecule has 0 aromatic heterocycles. The second-order valence-corrected chi connectivity index (χ2v) is 22.1.